The molecule has 0 spiro atoms. The van der Waals surface area contributed by atoms with E-state index in [9.17, 15) is 9.59 Å². The summed E-state index contributed by atoms with van der Waals surface area (Å²) in [5, 5.41) is 17.6. The van der Waals surface area contributed by atoms with Gasteiger partial charge < -0.3 is 10.2 Å². The summed E-state index contributed by atoms with van der Waals surface area (Å²) in [6, 6.07) is -0.878. The summed E-state index contributed by atoms with van der Waals surface area (Å²) < 4.78 is 0. The Balaban J connectivity index is 2.65. The van der Waals surface area contributed by atoms with E-state index in [2.05, 4.69) is 0 Å². The number of aliphatic carboxylic acids is 1. The largest absolute Gasteiger partial charge is 0.480 e. The zero-order valence-electron chi connectivity index (χ0n) is 7.54. The van der Waals surface area contributed by atoms with Crippen molar-refractivity contribution in [3.8, 4) is 0 Å². The number of carboxylic acids is 1. The van der Waals surface area contributed by atoms with Crippen molar-refractivity contribution >= 4 is 33.7 Å². The molecule has 0 saturated carbocycles. The van der Waals surface area contributed by atoms with Crippen molar-refractivity contribution < 1.29 is 19.8 Å². The molecule has 80 valence electrons. The van der Waals surface area contributed by atoms with Crippen LogP contribution in [0.25, 0.3) is 0 Å². The van der Waals surface area contributed by atoms with Gasteiger partial charge in [-0.3, -0.25) is 4.90 Å². The van der Waals surface area contributed by atoms with Crippen LogP contribution in [0.5, 0.6) is 0 Å². The summed E-state index contributed by atoms with van der Waals surface area (Å²) in [6.45, 7) is 0.303. The number of carboxylic acid groups (broad SMARTS) is 2. The minimum Gasteiger partial charge on any atom is -0.480 e. The Kier molecular flexibility index (Phi) is 3.94. The molecule has 1 amide bonds. The standard InChI is InChI=1S/C7H11NO4S2/c1-13-14-4-2-5(6(9)10)8(3-4)7(11)12/h4-5H,2-3H2,1H3,(H,9,10)(H,11,12)/t4-,5+/m1/s1. The van der Waals surface area contributed by atoms with Crippen LogP contribution in [-0.4, -0.2) is 51.3 Å². The predicted molar refractivity (Wildman–Crippen MR) is 55.7 cm³/mol. The molecule has 1 heterocycles. The maximum absolute atomic E-state index is 10.7. The first kappa shape index (κ1) is 11.5. The average Bonchev–Trinajstić information content (AvgIpc) is 2.49. The SMILES string of the molecule is CSS[C@@H]1C[C@@H](C(=O)O)N(C(=O)O)C1. The van der Waals surface area contributed by atoms with Gasteiger partial charge in [0, 0.05) is 11.8 Å². The van der Waals surface area contributed by atoms with Crippen molar-refractivity contribution in [1.29, 1.82) is 0 Å². The van der Waals surface area contributed by atoms with E-state index in [1.165, 1.54) is 21.6 Å². The first-order valence-electron chi connectivity index (χ1n) is 3.98. The van der Waals surface area contributed by atoms with Crippen LogP contribution in [0.4, 0.5) is 4.79 Å². The third-order valence-electron chi connectivity index (χ3n) is 2.03. The Morgan fingerprint density at radius 1 is 1.43 bits per heavy atom. The fourth-order valence-electron chi connectivity index (χ4n) is 1.45. The highest BCUT2D eigenvalue weighted by molar-refractivity contribution is 8.76. The minimum atomic E-state index is -1.15. The number of rotatable bonds is 3. The van der Waals surface area contributed by atoms with Crippen molar-refractivity contribution in [2.45, 2.75) is 17.7 Å². The van der Waals surface area contributed by atoms with Crippen molar-refractivity contribution in [2.24, 2.45) is 0 Å². The lowest BCUT2D eigenvalue weighted by Crippen LogP contribution is -2.39. The maximum Gasteiger partial charge on any atom is 0.408 e. The summed E-state index contributed by atoms with van der Waals surface area (Å²) in [7, 11) is 3.06. The van der Waals surface area contributed by atoms with Crippen molar-refractivity contribution in [1.82, 2.24) is 4.90 Å². The van der Waals surface area contributed by atoms with Gasteiger partial charge in [-0.2, -0.15) is 0 Å². The molecular weight excluding hydrogens is 226 g/mol. The van der Waals surface area contributed by atoms with E-state index in [1.54, 1.807) is 0 Å². The lowest BCUT2D eigenvalue weighted by molar-refractivity contribution is -0.141. The molecule has 0 aromatic heterocycles. The molecule has 1 saturated heterocycles. The summed E-state index contributed by atoms with van der Waals surface area (Å²) >= 11 is 0. The molecule has 5 nitrogen and oxygen atoms in total. The van der Waals surface area contributed by atoms with Crippen LogP contribution in [-0.2, 0) is 4.79 Å². The van der Waals surface area contributed by atoms with E-state index >= 15 is 0 Å². The molecule has 1 rings (SSSR count). The smallest absolute Gasteiger partial charge is 0.408 e. The number of likely N-dealkylation sites (tertiary alicyclic amines) is 1. The second-order valence-electron chi connectivity index (χ2n) is 2.91. The van der Waals surface area contributed by atoms with Crippen LogP contribution in [0.3, 0.4) is 0 Å². The highest BCUT2D eigenvalue weighted by atomic mass is 33.1. The lowest BCUT2D eigenvalue weighted by atomic mass is 10.2. The Hall–Kier alpha value is -0.560. The fraction of sp³-hybridized carbons (Fsp3) is 0.714. The summed E-state index contributed by atoms with van der Waals surface area (Å²) in [5.74, 6) is -1.06. The van der Waals surface area contributed by atoms with Gasteiger partial charge in [0.05, 0.1) is 0 Å². The van der Waals surface area contributed by atoms with Crippen LogP contribution in [0.1, 0.15) is 6.42 Å². The number of nitrogens with zero attached hydrogens (tertiary/aromatic N) is 1. The molecular formula is C7H11NO4S2. The summed E-state index contributed by atoms with van der Waals surface area (Å²) in [4.78, 5) is 22.5. The monoisotopic (exact) mass is 237 g/mol. The normalized spacial score (nSPS) is 26.5. The van der Waals surface area contributed by atoms with Gasteiger partial charge in [-0.1, -0.05) is 21.6 Å². The molecule has 0 radical (unpaired) electrons. The quantitative estimate of drug-likeness (QED) is 0.718. The molecule has 1 fully saturated rings. The molecule has 2 N–H and O–H groups in total. The highest BCUT2D eigenvalue weighted by Crippen LogP contribution is 2.33. The topological polar surface area (TPSA) is 77.8 Å². The van der Waals surface area contributed by atoms with Gasteiger partial charge in [0.1, 0.15) is 6.04 Å². The molecule has 0 aromatic carbocycles. The van der Waals surface area contributed by atoms with Crippen molar-refractivity contribution in [3.05, 3.63) is 0 Å². The highest BCUT2D eigenvalue weighted by Gasteiger charge is 2.39. The average molecular weight is 237 g/mol. The first-order chi connectivity index (χ1) is 6.56. The van der Waals surface area contributed by atoms with Gasteiger partial charge in [0.25, 0.3) is 0 Å². The second kappa shape index (κ2) is 4.79. The Morgan fingerprint density at radius 2 is 2.07 bits per heavy atom. The zero-order chi connectivity index (χ0) is 10.7. The third-order valence-corrected chi connectivity index (χ3v) is 4.23. The van der Waals surface area contributed by atoms with E-state index < -0.39 is 18.1 Å². The Bertz CT molecular complexity index is 226. The van der Waals surface area contributed by atoms with Crippen LogP contribution in [0, 0.1) is 0 Å². The van der Waals surface area contributed by atoms with E-state index in [-0.39, 0.29) is 5.25 Å². The Morgan fingerprint density at radius 3 is 2.43 bits per heavy atom. The molecule has 0 unspecified atom stereocenters. The number of hydrogen-bond donors (Lipinski definition) is 2. The van der Waals surface area contributed by atoms with Gasteiger partial charge in [-0.25, -0.2) is 9.59 Å². The van der Waals surface area contributed by atoms with Gasteiger partial charge in [-0.15, -0.1) is 0 Å². The molecule has 0 aromatic rings. The Labute approximate surface area is 89.2 Å². The number of hydrogen-bond acceptors (Lipinski definition) is 4. The van der Waals surface area contributed by atoms with E-state index in [1.807, 2.05) is 6.26 Å². The third kappa shape index (κ3) is 2.48. The van der Waals surface area contributed by atoms with Gasteiger partial charge >= 0.3 is 12.1 Å². The predicted octanol–water partition coefficient (Wildman–Crippen LogP) is 1.20. The zero-order valence-corrected chi connectivity index (χ0v) is 9.18. The molecule has 0 bridgehead atoms. The van der Waals surface area contributed by atoms with Gasteiger partial charge in [0.2, 0.25) is 0 Å². The molecule has 1 aliphatic rings. The van der Waals surface area contributed by atoms with E-state index in [0.29, 0.717) is 13.0 Å². The molecule has 14 heavy (non-hydrogen) atoms. The minimum absolute atomic E-state index is 0.0854. The van der Waals surface area contributed by atoms with Gasteiger partial charge in [0.15, 0.2) is 0 Å². The van der Waals surface area contributed by atoms with Crippen LogP contribution < -0.4 is 0 Å². The van der Waals surface area contributed by atoms with Crippen LogP contribution >= 0.6 is 21.6 Å². The van der Waals surface area contributed by atoms with E-state index in [0.717, 1.165) is 4.90 Å². The maximum atomic E-state index is 10.7. The van der Waals surface area contributed by atoms with Crippen molar-refractivity contribution in [2.75, 3.05) is 12.8 Å². The number of carbonyl (C=O) groups is 2. The summed E-state index contributed by atoms with van der Waals surface area (Å²) in [6.07, 6.45) is 1.14. The van der Waals surface area contributed by atoms with Crippen LogP contribution in [0.2, 0.25) is 0 Å². The lowest BCUT2D eigenvalue weighted by Gasteiger charge is -2.16. The molecule has 1 aliphatic heterocycles. The van der Waals surface area contributed by atoms with Crippen LogP contribution in [0.15, 0.2) is 0 Å². The second-order valence-corrected chi connectivity index (χ2v) is 5.68. The first-order valence-corrected chi connectivity index (χ1v) is 6.60. The summed E-state index contributed by atoms with van der Waals surface area (Å²) in [5.41, 5.74) is 0. The van der Waals surface area contributed by atoms with Gasteiger partial charge in [-0.05, 0) is 12.7 Å². The molecule has 2 atom stereocenters. The van der Waals surface area contributed by atoms with Crippen molar-refractivity contribution in [3.63, 3.8) is 0 Å². The number of amides is 1. The van der Waals surface area contributed by atoms with E-state index in [4.69, 9.17) is 10.2 Å². The molecule has 7 heteroatoms. The fourth-order valence-corrected chi connectivity index (χ4v) is 3.44. The molecule has 0 aliphatic carbocycles.